The number of carboxylic acids is 1. The van der Waals surface area contributed by atoms with Crippen LogP contribution < -0.4 is 5.32 Å². The van der Waals surface area contributed by atoms with Crippen molar-refractivity contribution >= 4 is 44.9 Å². The summed E-state index contributed by atoms with van der Waals surface area (Å²) in [6.07, 6.45) is 2.71. The minimum absolute atomic E-state index is 0.229. The normalized spacial score (nSPS) is 10.9. The summed E-state index contributed by atoms with van der Waals surface area (Å²) >= 11 is 7.50. The van der Waals surface area contributed by atoms with E-state index < -0.39 is 5.97 Å². The SMILES string of the molecule is Cc1cc2c(NCCCCCC(=O)O)nc(Cl)nc2s1. The molecule has 0 saturated heterocycles. The van der Waals surface area contributed by atoms with Crippen LogP contribution in [0.4, 0.5) is 5.82 Å². The van der Waals surface area contributed by atoms with Crippen LogP contribution >= 0.6 is 22.9 Å². The lowest BCUT2D eigenvalue weighted by Crippen LogP contribution is -2.04. The van der Waals surface area contributed by atoms with Gasteiger partial charge in [0.1, 0.15) is 10.6 Å². The Bertz CT molecular complexity index is 615. The number of aryl methyl sites for hydroxylation is 1. The first-order valence-corrected chi connectivity index (χ1v) is 7.65. The molecule has 0 aliphatic rings. The van der Waals surface area contributed by atoms with Gasteiger partial charge < -0.3 is 10.4 Å². The number of carbonyl (C=O) groups is 1. The van der Waals surface area contributed by atoms with Gasteiger partial charge in [-0.2, -0.15) is 0 Å². The molecule has 0 radical (unpaired) electrons. The average Bonchev–Trinajstić information content (AvgIpc) is 2.73. The zero-order valence-corrected chi connectivity index (χ0v) is 12.7. The molecule has 7 heteroatoms. The number of aromatic nitrogens is 2. The second-order valence-corrected chi connectivity index (χ2v) is 6.12. The number of fused-ring (bicyclic) bond motifs is 1. The number of unbranched alkanes of at least 4 members (excludes halogenated alkanes) is 2. The number of hydrogen-bond acceptors (Lipinski definition) is 5. The minimum atomic E-state index is -0.740. The van der Waals surface area contributed by atoms with Gasteiger partial charge in [-0.1, -0.05) is 6.42 Å². The van der Waals surface area contributed by atoms with Gasteiger partial charge in [-0.25, -0.2) is 9.97 Å². The van der Waals surface area contributed by atoms with Crippen molar-refractivity contribution in [3.63, 3.8) is 0 Å². The molecule has 0 aliphatic heterocycles. The van der Waals surface area contributed by atoms with Crippen LogP contribution in [0.5, 0.6) is 0 Å². The quantitative estimate of drug-likeness (QED) is 0.602. The van der Waals surface area contributed by atoms with Gasteiger partial charge in [0.2, 0.25) is 5.28 Å². The van der Waals surface area contributed by atoms with Crippen LogP contribution in [0.2, 0.25) is 5.28 Å². The first-order valence-electron chi connectivity index (χ1n) is 6.45. The Labute approximate surface area is 126 Å². The van der Waals surface area contributed by atoms with Gasteiger partial charge >= 0.3 is 5.97 Å². The molecule has 0 bridgehead atoms. The second kappa shape index (κ2) is 6.85. The van der Waals surface area contributed by atoms with Crippen LogP contribution in [0.25, 0.3) is 10.2 Å². The number of carboxylic acid groups (broad SMARTS) is 1. The number of nitrogens with one attached hydrogen (secondary N) is 1. The van der Waals surface area contributed by atoms with E-state index in [1.807, 2.05) is 13.0 Å². The van der Waals surface area contributed by atoms with Gasteiger partial charge in [0.25, 0.3) is 0 Å². The van der Waals surface area contributed by atoms with E-state index in [4.69, 9.17) is 16.7 Å². The topological polar surface area (TPSA) is 75.1 Å². The summed E-state index contributed by atoms with van der Waals surface area (Å²) in [5.74, 6) is 0.0126. The van der Waals surface area contributed by atoms with Crippen molar-refractivity contribution in [2.45, 2.75) is 32.6 Å². The largest absolute Gasteiger partial charge is 0.481 e. The molecule has 0 aliphatic carbocycles. The summed E-state index contributed by atoms with van der Waals surface area (Å²) in [5.41, 5.74) is 0. The summed E-state index contributed by atoms with van der Waals surface area (Å²) in [7, 11) is 0. The maximum Gasteiger partial charge on any atom is 0.303 e. The van der Waals surface area contributed by atoms with Crippen LogP contribution in [-0.2, 0) is 4.79 Å². The molecular formula is C13H16ClN3O2S. The Morgan fingerprint density at radius 2 is 2.20 bits per heavy atom. The molecule has 2 rings (SSSR count). The van der Waals surface area contributed by atoms with Gasteiger partial charge in [0.05, 0.1) is 5.39 Å². The van der Waals surface area contributed by atoms with Crippen LogP contribution in [0.1, 0.15) is 30.6 Å². The number of nitrogens with zero attached hydrogens (tertiary/aromatic N) is 2. The Balaban J connectivity index is 1.91. The van der Waals surface area contributed by atoms with Gasteiger partial charge in [-0.3, -0.25) is 4.79 Å². The number of thiophene rings is 1. The number of hydrogen-bond donors (Lipinski definition) is 2. The molecule has 2 aromatic rings. The molecule has 2 N–H and O–H groups in total. The number of anilines is 1. The van der Waals surface area contributed by atoms with Crippen molar-refractivity contribution in [2.75, 3.05) is 11.9 Å². The molecule has 0 saturated carbocycles. The first-order chi connectivity index (χ1) is 9.56. The lowest BCUT2D eigenvalue weighted by atomic mass is 10.2. The highest BCUT2D eigenvalue weighted by Crippen LogP contribution is 2.29. The van der Waals surface area contributed by atoms with Crippen molar-refractivity contribution in [3.8, 4) is 0 Å². The molecule has 0 aromatic carbocycles. The third-order valence-electron chi connectivity index (χ3n) is 2.85. The second-order valence-electron chi connectivity index (χ2n) is 4.55. The Kier molecular flexibility index (Phi) is 5.14. The Morgan fingerprint density at radius 3 is 2.95 bits per heavy atom. The molecule has 0 unspecified atom stereocenters. The fourth-order valence-electron chi connectivity index (χ4n) is 1.94. The molecular weight excluding hydrogens is 298 g/mol. The zero-order valence-electron chi connectivity index (χ0n) is 11.1. The van der Waals surface area contributed by atoms with Crippen molar-refractivity contribution in [1.29, 1.82) is 0 Å². The molecule has 2 heterocycles. The molecule has 0 atom stereocenters. The molecule has 0 fully saturated rings. The molecule has 20 heavy (non-hydrogen) atoms. The maximum absolute atomic E-state index is 10.4. The van der Waals surface area contributed by atoms with E-state index in [0.717, 1.165) is 35.4 Å². The Morgan fingerprint density at radius 1 is 1.40 bits per heavy atom. The van der Waals surface area contributed by atoms with E-state index in [-0.39, 0.29) is 11.7 Å². The van der Waals surface area contributed by atoms with E-state index in [1.165, 1.54) is 4.88 Å². The van der Waals surface area contributed by atoms with Crippen molar-refractivity contribution < 1.29 is 9.90 Å². The van der Waals surface area contributed by atoms with E-state index in [9.17, 15) is 4.79 Å². The predicted octanol–water partition coefficient (Wildman–Crippen LogP) is 3.71. The minimum Gasteiger partial charge on any atom is -0.481 e. The monoisotopic (exact) mass is 313 g/mol. The van der Waals surface area contributed by atoms with Crippen LogP contribution in [0.15, 0.2) is 6.07 Å². The molecule has 0 spiro atoms. The lowest BCUT2D eigenvalue weighted by molar-refractivity contribution is -0.137. The standard InChI is InChI=1S/C13H16ClN3O2S/c1-8-7-9-11(16-13(14)17-12(9)20-8)15-6-4-2-3-5-10(18)19/h7H,2-6H2,1H3,(H,18,19)(H,15,16,17). The van der Waals surface area contributed by atoms with Crippen molar-refractivity contribution in [1.82, 2.24) is 9.97 Å². The third-order valence-corrected chi connectivity index (χ3v) is 3.96. The predicted molar refractivity (Wildman–Crippen MR) is 81.8 cm³/mol. The summed E-state index contributed by atoms with van der Waals surface area (Å²) in [4.78, 5) is 20.9. The molecule has 0 amide bonds. The third kappa shape index (κ3) is 4.05. The number of halogens is 1. The van der Waals surface area contributed by atoms with Crippen LogP contribution in [0.3, 0.4) is 0 Å². The van der Waals surface area contributed by atoms with Crippen LogP contribution in [-0.4, -0.2) is 27.6 Å². The van der Waals surface area contributed by atoms with Crippen LogP contribution in [0, 0.1) is 6.92 Å². The smallest absolute Gasteiger partial charge is 0.303 e. The molecule has 108 valence electrons. The fraction of sp³-hybridized carbons (Fsp3) is 0.462. The van der Waals surface area contributed by atoms with Gasteiger partial charge in [0, 0.05) is 17.8 Å². The van der Waals surface area contributed by atoms with Crippen molar-refractivity contribution in [3.05, 3.63) is 16.2 Å². The van der Waals surface area contributed by atoms with E-state index in [2.05, 4.69) is 15.3 Å². The molecule has 5 nitrogen and oxygen atoms in total. The highest BCUT2D eigenvalue weighted by atomic mass is 35.5. The summed E-state index contributed by atoms with van der Waals surface area (Å²) in [5, 5.41) is 13.0. The first kappa shape index (κ1) is 15.0. The number of rotatable bonds is 7. The lowest BCUT2D eigenvalue weighted by Gasteiger charge is -2.06. The van der Waals surface area contributed by atoms with Gasteiger partial charge in [-0.15, -0.1) is 11.3 Å². The maximum atomic E-state index is 10.4. The summed E-state index contributed by atoms with van der Waals surface area (Å²) < 4.78 is 0. The Hall–Kier alpha value is -1.40. The van der Waals surface area contributed by atoms with E-state index >= 15 is 0 Å². The van der Waals surface area contributed by atoms with Gasteiger partial charge in [-0.05, 0) is 37.4 Å². The fourth-order valence-corrected chi connectivity index (χ4v) is 3.03. The zero-order chi connectivity index (χ0) is 14.5. The highest BCUT2D eigenvalue weighted by molar-refractivity contribution is 7.18. The van der Waals surface area contributed by atoms with E-state index in [0.29, 0.717) is 6.42 Å². The summed E-state index contributed by atoms with van der Waals surface area (Å²) in [6.45, 7) is 2.77. The van der Waals surface area contributed by atoms with E-state index in [1.54, 1.807) is 11.3 Å². The van der Waals surface area contributed by atoms with Gasteiger partial charge in [0.15, 0.2) is 0 Å². The van der Waals surface area contributed by atoms with Crippen molar-refractivity contribution in [2.24, 2.45) is 0 Å². The summed E-state index contributed by atoms with van der Waals surface area (Å²) in [6, 6.07) is 2.04. The number of aliphatic carboxylic acids is 1. The highest BCUT2D eigenvalue weighted by Gasteiger charge is 2.09. The average molecular weight is 314 g/mol. The molecule has 2 aromatic heterocycles.